The van der Waals surface area contributed by atoms with Crippen LogP contribution < -0.4 is 10.2 Å². The summed E-state index contributed by atoms with van der Waals surface area (Å²) >= 11 is 5.74. The van der Waals surface area contributed by atoms with Crippen LogP contribution in [0.5, 0.6) is 0 Å². The second kappa shape index (κ2) is 7.24. The third kappa shape index (κ3) is 4.31. The molecule has 0 saturated heterocycles. The number of pyridine rings is 1. The molecule has 1 aromatic carbocycles. The van der Waals surface area contributed by atoms with Crippen molar-refractivity contribution >= 4 is 23.1 Å². The van der Waals surface area contributed by atoms with E-state index in [0.29, 0.717) is 13.1 Å². The molecule has 2 rings (SSSR count). The molecular formula is C15H17ClFN3O. The molecule has 0 amide bonds. The van der Waals surface area contributed by atoms with Crippen molar-refractivity contribution in [2.45, 2.75) is 6.54 Å². The Morgan fingerprint density at radius 1 is 1.33 bits per heavy atom. The summed E-state index contributed by atoms with van der Waals surface area (Å²) < 4.78 is 13.1. The molecule has 1 aromatic heterocycles. The number of halogens is 2. The average molecular weight is 310 g/mol. The van der Waals surface area contributed by atoms with Crippen LogP contribution in [0, 0.1) is 5.82 Å². The molecule has 0 aliphatic rings. The van der Waals surface area contributed by atoms with Gasteiger partial charge >= 0.3 is 0 Å². The predicted octanol–water partition coefficient (Wildman–Crippen LogP) is 2.91. The molecule has 0 aliphatic heterocycles. The maximum Gasteiger partial charge on any atom is 0.141 e. The van der Waals surface area contributed by atoms with Crippen LogP contribution in [0.1, 0.15) is 5.56 Å². The van der Waals surface area contributed by atoms with Gasteiger partial charge in [0.25, 0.3) is 0 Å². The maximum absolute atomic E-state index is 13.1. The smallest absolute Gasteiger partial charge is 0.141 e. The molecule has 0 aliphatic carbocycles. The number of hydrogen-bond donors (Lipinski definition) is 2. The Hall–Kier alpha value is -1.85. The topological polar surface area (TPSA) is 48.4 Å². The van der Waals surface area contributed by atoms with E-state index in [1.165, 1.54) is 6.07 Å². The third-order valence-corrected chi connectivity index (χ3v) is 3.37. The minimum Gasteiger partial charge on any atom is -0.395 e. The molecule has 1 heterocycles. The van der Waals surface area contributed by atoms with Crippen LogP contribution in [0.15, 0.2) is 36.5 Å². The highest BCUT2D eigenvalue weighted by Gasteiger charge is 2.03. The van der Waals surface area contributed by atoms with Crippen molar-refractivity contribution in [1.29, 1.82) is 0 Å². The zero-order valence-corrected chi connectivity index (χ0v) is 12.4. The van der Waals surface area contributed by atoms with Crippen LogP contribution in [-0.4, -0.2) is 30.3 Å². The fourth-order valence-electron chi connectivity index (χ4n) is 1.84. The van der Waals surface area contributed by atoms with Crippen molar-refractivity contribution in [3.05, 3.63) is 52.9 Å². The van der Waals surface area contributed by atoms with E-state index in [4.69, 9.17) is 16.7 Å². The maximum atomic E-state index is 13.1. The number of aliphatic hydroxyl groups excluding tert-OH is 1. The molecule has 0 atom stereocenters. The number of rotatable bonds is 6. The molecular weight excluding hydrogens is 293 g/mol. The Labute approximate surface area is 128 Å². The number of hydrogen-bond acceptors (Lipinski definition) is 4. The summed E-state index contributed by atoms with van der Waals surface area (Å²) in [6.07, 6.45) is 1.73. The average Bonchev–Trinajstić information content (AvgIpc) is 2.49. The molecule has 0 bridgehead atoms. The zero-order chi connectivity index (χ0) is 15.2. The fraction of sp³-hybridized carbons (Fsp3) is 0.267. The standard InChI is InChI=1S/C15H17ClFN3O/c1-20(6-7-21)12-3-5-15(19-10-12)18-9-11-2-4-14(17)13(16)8-11/h2-5,8,10,21H,6-7,9H2,1H3,(H,18,19). The lowest BCUT2D eigenvalue weighted by Gasteiger charge is -2.17. The van der Waals surface area contributed by atoms with Crippen LogP contribution in [0.3, 0.4) is 0 Å². The van der Waals surface area contributed by atoms with Gasteiger partial charge in [-0.2, -0.15) is 0 Å². The van der Waals surface area contributed by atoms with E-state index in [-0.39, 0.29) is 11.6 Å². The lowest BCUT2D eigenvalue weighted by Crippen LogP contribution is -2.21. The molecule has 0 unspecified atom stereocenters. The summed E-state index contributed by atoms with van der Waals surface area (Å²) in [4.78, 5) is 6.21. The highest BCUT2D eigenvalue weighted by molar-refractivity contribution is 6.30. The predicted molar refractivity (Wildman–Crippen MR) is 83.3 cm³/mol. The van der Waals surface area contributed by atoms with Crippen LogP contribution >= 0.6 is 11.6 Å². The summed E-state index contributed by atoms with van der Waals surface area (Å²) in [5.41, 5.74) is 1.81. The molecule has 0 spiro atoms. The van der Waals surface area contributed by atoms with Gasteiger partial charge in [0.2, 0.25) is 0 Å². The van der Waals surface area contributed by atoms with Crippen molar-refractivity contribution < 1.29 is 9.50 Å². The van der Waals surface area contributed by atoms with E-state index in [1.54, 1.807) is 18.3 Å². The summed E-state index contributed by atoms with van der Waals surface area (Å²) in [6.45, 7) is 1.17. The van der Waals surface area contributed by atoms with E-state index in [2.05, 4.69) is 10.3 Å². The van der Waals surface area contributed by atoms with E-state index in [9.17, 15) is 4.39 Å². The highest BCUT2D eigenvalue weighted by atomic mass is 35.5. The van der Waals surface area contributed by atoms with Crippen LogP contribution in [0.4, 0.5) is 15.9 Å². The summed E-state index contributed by atoms with van der Waals surface area (Å²) in [5.74, 6) is 0.298. The number of likely N-dealkylation sites (N-methyl/N-ethyl adjacent to an activating group) is 1. The zero-order valence-electron chi connectivity index (χ0n) is 11.7. The summed E-state index contributed by atoms with van der Waals surface area (Å²) in [7, 11) is 1.89. The minimum atomic E-state index is -0.421. The first-order chi connectivity index (χ1) is 10.1. The first-order valence-corrected chi connectivity index (χ1v) is 6.94. The van der Waals surface area contributed by atoms with Crippen LogP contribution in [-0.2, 0) is 6.54 Å². The van der Waals surface area contributed by atoms with Gasteiger partial charge in [0.1, 0.15) is 11.6 Å². The van der Waals surface area contributed by atoms with Gasteiger partial charge in [-0.05, 0) is 29.8 Å². The van der Waals surface area contributed by atoms with Crippen molar-refractivity contribution in [2.24, 2.45) is 0 Å². The second-order valence-corrected chi connectivity index (χ2v) is 5.06. The van der Waals surface area contributed by atoms with Crippen molar-refractivity contribution in [1.82, 2.24) is 4.98 Å². The Balaban J connectivity index is 1.95. The fourth-order valence-corrected chi connectivity index (χ4v) is 2.04. The molecule has 112 valence electrons. The van der Waals surface area contributed by atoms with E-state index in [1.807, 2.05) is 24.1 Å². The highest BCUT2D eigenvalue weighted by Crippen LogP contribution is 2.18. The first-order valence-electron chi connectivity index (χ1n) is 6.56. The molecule has 0 radical (unpaired) electrons. The lowest BCUT2D eigenvalue weighted by molar-refractivity contribution is 0.304. The normalized spacial score (nSPS) is 10.5. The number of aliphatic hydroxyl groups is 1. The molecule has 2 N–H and O–H groups in total. The van der Waals surface area contributed by atoms with Crippen molar-refractivity contribution in [3.8, 4) is 0 Å². The second-order valence-electron chi connectivity index (χ2n) is 4.65. The van der Waals surface area contributed by atoms with E-state index >= 15 is 0 Å². The first kappa shape index (κ1) is 15.5. The van der Waals surface area contributed by atoms with Gasteiger partial charge in [0.15, 0.2) is 0 Å². The van der Waals surface area contributed by atoms with Gasteiger partial charge in [-0.25, -0.2) is 9.37 Å². The Bertz CT molecular complexity index is 592. The molecule has 2 aromatic rings. The van der Waals surface area contributed by atoms with E-state index in [0.717, 1.165) is 17.1 Å². The lowest BCUT2D eigenvalue weighted by atomic mass is 10.2. The molecule has 21 heavy (non-hydrogen) atoms. The molecule has 4 nitrogen and oxygen atoms in total. The Morgan fingerprint density at radius 3 is 2.76 bits per heavy atom. The van der Waals surface area contributed by atoms with Gasteiger partial charge in [-0.1, -0.05) is 17.7 Å². The van der Waals surface area contributed by atoms with Gasteiger partial charge in [0.05, 0.1) is 23.5 Å². The Kier molecular flexibility index (Phi) is 5.36. The number of aromatic nitrogens is 1. The molecule has 6 heteroatoms. The Morgan fingerprint density at radius 2 is 2.14 bits per heavy atom. The van der Waals surface area contributed by atoms with Gasteiger partial charge < -0.3 is 15.3 Å². The molecule has 0 fully saturated rings. The quantitative estimate of drug-likeness (QED) is 0.861. The SMILES string of the molecule is CN(CCO)c1ccc(NCc2ccc(F)c(Cl)c2)nc1. The van der Waals surface area contributed by atoms with Crippen LogP contribution in [0.25, 0.3) is 0 Å². The number of nitrogens with one attached hydrogen (secondary N) is 1. The number of nitrogens with zero attached hydrogens (tertiary/aromatic N) is 2. The van der Waals surface area contributed by atoms with Crippen molar-refractivity contribution in [2.75, 3.05) is 30.4 Å². The van der Waals surface area contributed by atoms with Gasteiger partial charge in [-0.15, -0.1) is 0 Å². The third-order valence-electron chi connectivity index (χ3n) is 3.08. The van der Waals surface area contributed by atoms with Crippen molar-refractivity contribution in [3.63, 3.8) is 0 Å². The number of benzene rings is 1. The molecule has 0 saturated carbocycles. The van der Waals surface area contributed by atoms with Crippen LogP contribution in [0.2, 0.25) is 5.02 Å². The van der Waals surface area contributed by atoms with Gasteiger partial charge in [-0.3, -0.25) is 0 Å². The van der Waals surface area contributed by atoms with E-state index < -0.39 is 5.82 Å². The monoisotopic (exact) mass is 309 g/mol. The summed E-state index contributed by atoms with van der Waals surface area (Å²) in [6, 6.07) is 8.39. The minimum absolute atomic E-state index is 0.0990. The largest absolute Gasteiger partial charge is 0.395 e. The number of anilines is 2. The van der Waals surface area contributed by atoms with Gasteiger partial charge in [0, 0.05) is 20.1 Å². The summed E-state index contributed by atoms with van der Waals surface area (Å²) in [5, 5.41) is 12.2.